The van der Waals surface area contributed by atoms with Crippen molar-refractivity contribution < 1.29 is 20.8 Å². The van der Waals surface area contributed by atoms with Crippen molar-refractivity contribution in [3.8, 4) is 0 Å². The maximum absolute atomic E-state index is 4.93. The Bertz CT molecular complexity index is 664. The first-order valence-electron chi connectivity index (χ1n) is 8.29. The molecule has 0 saturated heterocycles. The second-order valence-corrected chi connectivity index (χ2v) is 9.17. The van der Waals surface area contributed by atoms with Crippen molar-refractivity contribution in [2.24, 2.45) is 0 Å². The van der Waals surface area contributed by atoms with Gasteiger partial charge in [0.15, 0.2) is 0 Å². The van der Waals surface area contributed by atoms with Crippen LogP contribution in [-0.2, 0) is 20.8 Å². The summed E-state index contributed by atoms with van der Waals surface area (Å²) in [6.07, 6.45) is 0. The van der Waals surface area contributed by atoms with Gasteiger partial charge in [-0.25, -0.2) is 0 Å². The standard InChI is InChI=1S/2C9H7.C2H5Si.C2H5.2ClH.Zr/c2*1-2-5-9-7-3-6-8(9)4-1;1-2-3;1-2;;;/h2*1-7H;2H2,1H3;1H2,2H3;2*1H;/q2*-1;;-1;;;+2/p-2. The van der Waals surface area contributed by atoms with Crippen LogP contribution in [0.4, 0.5) is 0 Å². The van der Waals surface area contributed by atoms with E-state index in [2.05, 4.69) is 102 Å². The molecule has 4 aromatic carbocycles. The molecule has 0 aliphatic carbocycles. The van der Waals surface area contributed by atoms with Crippen LogP contribution in [0.15, 0.2) is 84.9 Å². The third-order valence-electron chi connectivity index (χ3n) is 3.10. The molecule has 26 heavy (non-hydrogen) atoms. The van der Waals surface area contributed by atoms with Gasteiger partial charge in [0, 0.05) is 10.2 Å². The zero-order chi connectivity index (χ0) is 19.6. The summed E-state index contributed by atoms with van der Waals surface area (Å²) >= 11 is -0.826. The average molecular weight is 479 g/mol. The fourth-order valence-electron chi connectivity index (χ4n) is 2.14. The number of hydrogen-bond acceptors (Lipinski definition) is 0. The van der Waals surface area contributed by atoms with Crippen LogP contribution < -0.4 is 0 Å². The van der Waals surface area contributed by atoms with Crippen LogP contribution in [0.3, 0.4) is 0 Å². The van der Waals surface area contributed by atoms with Crippen molar-refractivity contribution in [3.63, 3.8) is 0 Å². The summed E-state index contributed by atoms with van der Waals surface area (Å²) in [6, 6.07) is 30.4. The van der Waals surface area contributed by atoms with Crippen molar-refractivity contribution in [1.29, 1.82) is 0 Å². The molecule has 0 bridgehead atoms. The first-order chi connectivity index (χ1) is 12.8. The molecule has 0 aliphatic rings. The molecule has 0 nitrogen and oxygen atoms in total. The maximum atomic E-state index is 4.93. The summed E-state index contributed by atoms with van der Waals surface area (Å²) in [4.78, 5) is 0. The summed E-state index contributed by atoms with van der Waals surface area (Å²) < 4.78 is 0. The second kappa shape index (κ2) is 17.7. The van der Waals surface area contributed by atoms with Gasteiger partial charge in [-0.3, -0.25) is 0 Å². The summed E-state index contributed by atoms with van der Waals surface area (Å²) in [5.74, 6) is 0. The SMILES string of the molecule is CC[Si].[CH2-]C.[Cl][Zr][Cl].c1ccc2[cH-]ccc2c1.c1ccc2[cH-]ccc2c1. The molecule has 4 heteroatoms. The molecule has 4 rings (SSSR count). The van der Waals surface area contributed by atoms with Gasteiger partial charge in [0.2, 0.25) is 0 Å². The van der Waals surface area contributed by atoms with E-state index in [9.17, 15) is 0 Å². The van der Waals surface area contributed by atoms with Crippen LogP contribution >= 0.6 is 17.0 Å². The summed E-state index contributed by atoms with van der Waals surface area (Å²) in [5, 5.41) is 5.32. The van der Waals surface area contributed by atoms with Crippen LogP contribution in [0.1, 0.15) is 13.8 Å². The molecule has 0 heterocycles. The monoisotopic (exact) mass is 476 g/mol. The molecule has 0 atom stereocenters. The van der Waals surface area contributed by atoms with E-state index in [4.69, 9.17) is 17.0 Å². The minimum atomic E-state index is -0.826. The van der Waals surface area contributed by atoms with Crippen molar-refractivity contribution in [2.45, 2.75) is 19.9 Å². The Labute approximate surface area is 180 Å². The Hall–Kier alpha value is -0.660. The van der Waals surface area contributed by atoms with E-state index in [0.29, 0.717) is 0 Å². The smallest absolute Gasteiger partial charge is 0.0809 e. The van der Waals surface area contributed by atoms with Gasteiger partial charge >= 0.3 is 37.9 Å². The van der Waals surface area contributed by atoms with Crippen molar-refractivity contribution in [3.05, 3.63) is 91.9 Å². The minimum absolute atomic E-state index is 0.826. The fraction of sp³-hybridized carbons (Fsp3) is 0.136. The number of rotatable bonds is 0. The molecule has 0 aliphatic heterocycles. The van der Waals surface area contributed by atoms with Crippen molar-refractivity contribution in [2.75, 3.05) is 0 Å². The van der Waals surface area contributed by atoms with Crippen molar-refractivity contribution >= 4 is 48.8 Å². The van der Waals surface area contributed by atoms with Crippen LogP contribution in [0, 0.1) is 6.92 Å². The molecular weight excluding hydrogens is 454 g/mol. The zero-order valence-corrected chi connectivity index (χ0v) is 20.2. The van der Waals surface area contributed by atoms with Gasteiger partial charge in [-0.2, -0.15) is 42.0 Å². The van der Waals surface area contributed by atoms with E-state index in [-0.39, 0.29) is 0 Å². The van der Waals surface area contributed by atoms with Crippen LogP contribution in [0.25, 0.3) is 21.5 Å². The van der Waals surface area contributed by atoms with Gasteiger partial charge in [-0.1, -0.05) is 25.1 Å². The molecule has 3 radical (unpaired) electrons. The van der Waals surface area contributed by atoms with Gasteiger partial charge in [0.25, 0.3) is 0 Å². The maximum Gasteiger partial charge on any atom is -0.0809 e. The van der Waals surface area contributed by atoms with Gasteiger partial charge < -0.3 is 6.92 Å². The molecule has 4 aromatic rings. The second-order valence-electron chi connectivity index (χ2n) is 4.73. The van der Waals surface area contributed by atoms with Gasteiger partial charge in [0.1, 0.15) is 0 Å². The predicted molar refractivity (Wildman–Crippen MR) is 118 cm³/mol. The molecule has 0 spiro atoms. The topological polar surface area (TPSA) is 0 Å². The average Bonchev–Trinajstić information content (AvgIpc) is 3.34. The normalized spacial score (nSPS) is 8.54. The van der Waals surface area contributed by atoms with E-state index in [1.54, 1.807) is 6.92 Å². The van der Waals surface area contributed by atoms with Gasteiger partial charge in [-0.15, -0.1) is 59.3 Å². The van der Waals surface area contributed by atoms with E-state index in [0.717, 1.165) is 6.04 Å². The van der Waals surface area contributed by atoms with E-state index in [1.165, 1.54) is 21.5 Å². The zero-order valence-electron chi connectivity index (χ0n) is 15.3. The molecule has 137 valence electrons. The molecule has 0 unspecified atom stereocenters. The molecule has 0 aromatic heterocycles. The fourth-order valence-corrected chi connectivity index (χ4v) is 2.14. The Balaban J connectivity index is 0.000000348. The summed E-state index contributed by atoms with van der Waals surface area (Å²) in [6.45, 7) is 7.04. The Morgan fingerprint density at radius 1 is 0.808 bits per heavy atom. The largest absolute Gasteiger partial charge is 0.168 e. The van der Waals surface area contributed by atoms with E-state index < -0.39 is 20.8 Å². The number of fused-ring (bicyclic) bond motifs is 2. The Morgan fingerprint density at radius 2 is 1.12 bits per heavy atom. The Morgan fingerprint density at radius 3 is 1.42 bits per heavy atom. The summed E-state index contributed by atoms with van der Waals surface area (Å²) in [5.41, 5.74) is 0. The molecule has 0 amide bonds. The van der Waals surface area contributed by atoms with E-state index in [1.807, 2.05) is 6.92 Å². The predicted octanol–water partition coefficient (Wildman–Crippen LogP) is 7.93. The first-order valence-corrected chi connectivity index (χ1v) is 15.3. The van der Waals surface area contributed by atoms with Crippen LogP contribution in [0.2, 0.25) is 6.04 Å². The molecule has 0 fully saturated rings. The minimum Gasteiger partial charge on any atom is -0.168 e. The van der Waals surface area contributed by atoms with Crippen LogP contribution in [-0.4, -0.2) is 10.2 Å². The summed E-state index contributed by atoms with van der Waals surface area (Å²) in [7, 11) is 13.1. The number of halogens is 2. The first kappa shape index (κ1) is 25.3. The van der Waals surface area contributed by atoms with E-state index >= 15 is 0 Å². The molecule has 0 N–H and O–H groups in total. The quantitative estimate of drug-likeness (QED) is 0.178. The Kier molecular flexibility index (Phi) is 17.3. The van der Waals surface area contributed by atoms with Gasteiger partial charge in [0.05, 0.1) is 0 Å². The number of hydrogen-bond donors (Lipinski definition) is 0. The molecule has 0 saturated carbocycles. The van der Waals surface area contributed by atoms with Crippen molar-refractivity contribution in [1.82, 2.24) is 0 Å². The molecular formula is C22H24Cl2SiZr-3. The van der Waals surface area contributed by atoms with Gasteiger partial charge in [-0.05, 0) is 0 Å². The number of benzene rings is 2. The third-order valence-corrected chi connectivity index (χ3v) is 3.10. The van der Waals surface area contributed by atoms with Crippen LogP contribution in [0.5, 0.6) is 0 Å². The third kappa shape index (κ3) is 10.5.